The summed E-state index contributed by atoms with van der Waals surface area (Å²) in [7, 11) is 0. The molecule has 1 fully saturated rings. The Morgan fingerprint density at radius 1 is 0.862 bits per heavy atom. The quantitative estimate of drug-likeness (QED) is 0.739. The van der Waals surface area contributed by atoms with E-state index in [0.717, 1.165) is 31.7 Å². The van der Waals surface area contributed by atoms with Crippen molar-refractivity contribution in [3.05, 3.63) is 54.1 Å². The molecule has 1 saturated heterocycles. The number of hydrogen-bond acceptors (Lipinski definition) is 4. The maximum Gasteiger partial charge on any atom is 0.255 e. The summed E-state index contributed by atoms with van der Waals surface area (Å²) in [5, 5.41) is 5.78. The van der Waals surface area contributed by atoms with Crippen molar-refractivity contribution in [1.29, 1.82) is 0 Å². The van der Waals surface area contributed by atoms with Crippen LogP contribution < -0.4 is 15.4 Å². The second kappa shape index (κ2) is 10.6. The number of rotatable bonds is 7. The van der Waals surface area contributed by atoms with Crippen LogP contribution in [0.1, 0.15) is 43.0 Å². The summed E-state index contributed by atoms with van der Waals surface area (Å²) in [4.78, 5) is 26.9. The molecule has 6 heteroatoms. The third-order valence-corrected chi connectivity index (χ3v) is 4.92. The smallest absolute Gasteiger partial charge is 0.255 e. The molecule has 0 saturated carbocycles. The lowest BCUT2D eigenvalue weighted by molar-refractivity contribution is -0.117. The zero-order valence-corrected chi connectivity index (χ0v) is 16.9. The molecule has 0 spiro atoms. The molecule has 29 heavy (non-hydrogen) atoms. The van der Waals surface area contributed by atoms with E-state index in [9.17, 15) is 9.59 Å². The van der Waals surface area contributed by atoms with Crippen molar-refractivity contribution >= 4 is 23.2 Å². The van der Waals surface area contributed by atoms with Gasteiger partial charge >= 0.3 is 0 Å². The van der Waals surface area contributed by atoms with E-state index in [1.807, 2.05) is 19.1 Å². The summed E-state index contributed by atoms with van der Waals surface area (Å²) in [5.74, 6) is 0.556. The monoisotopic (exact) mass is 395 g/mol. The van der Waals surface area contributed by atoms with Gasteiger partial charge in [0.25, 0.3) is 5.91 Å². The highest BCUT2D eigenvalue weighted by atomic mass is 16.5. The lowest BCUT2D eigenvalue weighted by Gasteiger charge is -2.19. The highest BCUT2D eigenvalue weighted by molar-refractivity contribution is 6.04. The molecule has 0 radical (unpaired) electrons. The molecule has 0 aromatic heterocycles. The first-order chi connectivity index (χ1) is 14.1. The topological polar surface area (TPSA) is 70.7 Å². The summed E-state index contributed by atoms with van der Waals surface area (Å²) in [6, 6.07) is 14.2. The van der Waals surface area contributed by atoms with Crippen LogP contribution in [0.2, 0.25) is 0 Å². The Labute approximate surface area is 172 Å². The molecular formula is C23H29N3O3. The number of nitrogens with one attached hydrogen (secondary N) is 2. The van der Waals surface area contributed by atoms with Gasteiger partial charge < -0.3 is 15.4 Å². The van der Waals surface area contributed by atoms with Crippen LogP contribution in [0.25, 0.3) is 0 Å². The first-order valence-corrected chi connectivity index (χ1v) is 10.3. The number of hydrogen-bond donors (Lipinski definition) is 2. The van der Waals surface area contributed by atoms with Crippen molar-refractivity contribution in [2.45, 2.75) is 32.6 Å². The van der Waals surface area contributed by atoms with Gasteiger partial charge in [0.2, 0.25) is 5.91 Å². The van der Waals surface area contributed by atoms with Gasteiger partial charge in [0.1, 0.15) is 5.75 Å². The van der Waals surface area contributed by atoms with E-state index < -0.39 is 0 Å². The van der Waals surface area contributed by atoms with Crippen LogP contribution in [-0.2, 0) is 4.79 Å². The van der Waals surface area contributed by atoms with Crippen LogP contribution in [0.15, 0.2) is 48.5 Å². The zero-order valence-electron chi connectivity index (χ0n) is 16.9. The molecule has 1 aliphatic rings. The van der Waals surface area contributed by atoms with E-state index in [-0.39, 0.29) is 11.8 Å². The number of likely N-dealkylation sites (tertiary alicyclic amines) is 1. The average Bonchev–Trinajstić information content (AvgIpc) is 2.99. The number of amides is 2. The predicted octanol–water partition coefficient (Wildman–Crippen LogP) is 4.15. The fourth-order valence-corrected chi connectivity index (χ4v) is 3.41. The third kappa shape index (κ3) is 6.61. The van der Waals surface area contributed by atoms with Crippen LogP contribution in [0, 0.1) is 0 Å². The first kappa shape index (κ1) is 20.9. The molecule has 2 aromatic carbocycles. The molecule has 0 bridgehead atoms. The van der Waals surface area contributed by atoms with Crippen molar-refractivity contribution in [1.82, 2.24) is 4.90 Å². The molecule has 2 N–H and O–H groups in total. The molecule has 0 unspecified atom stereocenters. The zero-order chi connectivity index (χ0) is 20.5. The van der Waals surface area contributed by atoms with Gasteiger partial charge in [-0.2, -0.15) is 0 Å². The van der Waals surface area contributed by atoms with Gasteiger partial charge in [0.15, 0.2) is 0 Å². The number of anilines is 2. The van der Waals surface area contributed by atoms with Crippen LogP contribution in [0.5, 0.6) is 5.75 Å². The van der Waals surface area contributed by atoms with Gasteiger partial charge in [-0.15, -0.1) is 0 Å². The number of ether oxygens (including phenoxy) is 1. The van der Waals surface area contributed by atoms with E-state index in [1.165, 1.54) is 12.8 Å². The molecule has 0 aliphatic carbocycles. The Morgan fingerprint density at radius 3 is 2.07 bits per heavy atom. The van der Waals surface area contributed by atoms with E-state index in [1.54, 1.807) is 36.4 Å². The summed E-state index contributed by atoms with van der Waals surface area (Å²) >= 11 is 0. The van der Waals surface area contributed by atoms with Crippen molar-refractivity contribution in [3.8, 4) is 5.75 Å². The average molecular weight is 396 g/mol. The van der Waals surface area contributed by atoms with Crippen LogP contribution in [0.4, 0.5) is 11.4 Å². The summed E-state index contributed by atoms with van der Waals surface area (Å²) in [5.41, 5.74) is 1.93. The largest absolute Gasteiger partial charge is 0.494 e. The van der Waals surface area contributed by atoms with E-state index in [4.69, 9.17) is 4.74 Å². The van der Waals surface area contributed by atoms with Gasteiger partial charge in [-0.05, 0) is 81.4 Å². The molecule has 1 heterocycles. The predicted molar refractivity (Wildman–Crippen MR) is 116 cm³/mol. The van der Waals surface area contributed by atoms with Crippen LogP contribution in [0.3, 0.4) is 0 Å². The maximum atomic E-state index is 12.4. The summed E-state index contributed by atoms with van der Waals surface area (Å²) in [6.07, 6.45) is 4.81. The summed E-state index contributed by atoms with van der Waals surface area (Å²) in [6.45, 7) is 4.92. The molecule has 2 amide bonds. The molecule has 154 valence electrons. The molecule has 1 aliphatic heterocycles. The Morgan fingerprint density at radius 2 is 1.45 bits per heavy atom. The second-order valence-electron chi connectivity index (χ2n) is 7.23. The standard InChI is InChI=1S/C23H29N3O3/c1-2-29-21-13-11-20(12-14-21)25-23(28)18-7-9-19(10-8-18)24-22(27)17-26-15-5-3-4-6-16-26/h7-14H,2-6,15-17H2,1H3,(H,24,27)(H,25,28). The Balaban J connectivity index is 1.50. The fraction of sp³-hybridized carbons (Fsp3) is 0.391. The van der Waals surface area contributed by atoms with E-state index >= 15 is 0 Å². The SMILES string of the molecule is CCOc1ccc(NC(=O)c2ccc(NC(=O)CN3CCCCCC3)cc2)cc1. The number of nitrogens with zero attached hydrogens (tertiary/aromatic N) is 1. The highest BCUT2D eigenvalue weighted by Gasteiger charge is 2.13. The lowest BCUT2D eigenvalue weighted by atomic mass is 10.2. The van der Waals surface area contributed by atoms with Gasteiger partial charge in [0.05, 0.1) is 13.2 Å². The fourth-order valence-electron chi connectivity index (χ4n) is 3.41. The summed E-state index contributed by atoms with van der Waals surface area (Å²) < 4.78 is 5.40. The van der Waals surface area contributed by atoms with Gasteiger partial charge in [-0.25, -0.2) is 0 Å². The second-order valence-corrected chi connectivity index (χ2v) is 7.23. The minimum Gasteiger partial charge on any atom is -0.494 e. The minimum absolute atomic E-state index is 0.0153. The normalized spacial score (nSPS) is 14.7. The molecule has 6 nitrogen and oxygen atoms in total. The molecular weight excluding hydrogens is 366 g/mol. The van der Waals surface area contributed by atoms with Gasteiger partial charge in [-0.1, -0.05) is 12.8 Å². The number of carbonyl (C=O) groups excluding carboxylic acids is 2. The molecule has 0 atom stereocenters. The van der Waals surface area contributed by atoms with E-state index in [2.05, 4.69) is 15.5 Å². The third-order valence-electron chi connectivity index (χ3n) is 4.92. The van der Waals surface area contributed by atoms with Crippen molar-refractivity contribution in [3.63, 3.8) is 0 Å². The van der Waals surface area contributed by atoms with Crippen LogP contribution >= 0.6 is 0 Å². The van der Waals surface area contributed by atoms with Crippen molar-refractivity contribution in [2.75, 3.05) is 36.9 Å². The lowest BCUT2D eigenvalue weighted by Crippen LogP contribution is -2.33. The molecule has 2 aromatic rings. The number of benzene rings is 2. The Kier molecular flexibility index (Phi) is 7.64. The highest BCUT2D eigenvalue weighted by Crippen LogP contribution is 2.17. The van der Waals surface area contributed by atoms with E-state index in [0.29, 0.717) is 30.1 Å². The van der Waals surface area contributed by atoms with Crippen LogP contribution in [-0.4, -0.2) is 43.0 Å². The Bertz CT molecular complexity index is 795. The van der Waals surface area contributed by atoms with Crippen molar-refractivity contribution in [2.24, 2.45) is 0 Å². The van der Waals surface area contributed by atoms with Gasteiger partial charge in [0, 0.05) is 16.9 Å². The maximum absolute atomic E-state index is 12.4. The first-order valence-electron chi connectivity index (χ1n) is 10.3. The Hall–Kier alpha value is -2.86. The minimum atomic E-state index is -0.198. The molecule has 3 rings (SSSR count). The van der Waals surface area contributed by atoms with Gasteiger partial charge in [-0.3, -0.25) is 14.5 Å². The number of carbonyl (C=O) groups is 2. The van der Waals surface area contributed by atoms with Crippen molar-refractivity contribution < 1.29 is 14.3 Å².